The van der Waals surface area contributed by atoms with Crippen molar-refractivity contribution in [1.82, 2.24) is 0 Å². The molecule has 0 unspecified atom stereocenters. The molecule has 1 saturated heterocycles. The molecule has 1 aliphatic heterocycles. The summed E-state index contributed by atoms with van der Waals surface area (Å²) in [5.74, 6) is 0. The van der Waals surface area contributed by atoms with E-state index in [2.05, 4.69) is 0 Å². The second-order valence-electron chi connectivity index (χ2n) is 4.26. The minimum absolute atomic E-state index is 0.215. The van der Waals surface area contributed by atoms with Crippen molar-refractivity contribution in [3.63, 3.8) is 0 Å². The number of hydrogen-bond donors (Lipinski definition) is 2. The van der Waals surface area contributed by atoms with E-state index in [1.807, 2.05) is 30.3 Å². The fraction of sp³-hybridized carbons (Fsp3) is 0.538. The SMILES string of the molecule is CO[C@H]1O[C@H](COCc2ccccc2)[C@H](O)[C@H]1O. The van der Waals surface area contributed by atoms with Crippen LogP contribution >= 0.6 is 0 Å². The zero-order valence-electron chi connectivity index (χ0n) is 10.2. The molecule has 2 rings (SSSR count). The van der Waals surface area contributed by atoms with Crippen molar-refractivity contribution in [2.75, 3.05) is 13.7 Å². The first-order valence-corrected chi connectivity index (χ1v) is 5.88. The smallest absolute Gasteiger partial charge is 0.186 e. The van der Waals surface area contributed by atoms with Gasteiger partial charge in [0.15, 0.2) is 6.29 Å². The highest BCUT2D eigenvalue weighted by molar-refractivity contribution is 5.13. The van der Waals surface area contributed by atoms with Gasteiger partial charge in [0.2, 0.25) is 0 Å². The molecule has 0 radical (unpaired) electrons. The summed E-state index contributed by atoms with van der Waals surface area (Å²) in [6.45, 7) is 0.661. The maximum atomic E-state index is 9.72. The quantitative estimate of drug-likeness (QED) is 0.791. The molecule has 5 nitrogen and oxygen atoms in total. The standard InChI is InChI=1S/C13H18O5/c1-16-13-12(15)11(14)10(18-13)8-17-7-9-5-3-2-4-6-9/h2-6,10-15H,7-8H2,1H3/t10-,11+,12-,13+/m1/s1. The predicted octanol–water partition coefficient (Wildman–Crippen LogP) is 0.296. The molecule has 0 spiro atoms. The van der Waals surface area contributed by atoms with Gasteiger partial charge < -0.3 is 24.4 Å². The lowest BCUT2D eigenvalue weighted by Crippen LogP contribution is -2.34. The van der Waals surface area contributed by atoms with Gasteiger partial charge in [-0.2, -0.15) is 0 Å². The minimum Gasteiger partial charge on any atom is -0.387 e. The molecule has 0 aromatic heterocycles. The van der Waals surface area contributed by atoms with Gasteiger partial charge in [0.25, 0.3) is 0 Å². The van der Waals surface area contributed by atoms with E-state index in [9.17, 15) is 10.2 Å². The Labute approximate surface area is 106 Å². The summed E-state index contributed by atoms with van der Waals surface area (Å²) in [6.07, 6.45) is -3.36. The lowest BCUT2D eigenvalue weighted by molar-refractivity contribution is -0.156. The molecule has 18 heavy (non-hydrogen) atoms. The van der Waals surface area contributed by atoms with E-state index in [0.29, 0.717) is 6.61 Å². The molecule has 1 fully saturated rings. The Balaban J connectivity index is 1.77. The van der Waals surface area contributed by atoms with Crippen molar-refractivity contribution < 1.29 is 24.4 Å². The van der Waals surface area contributed by atoms with Crippen LogP contribution in [-0.4, -0.2) is 48.5 Å². The van der Waals surface area contributed by atoms with E-state index in [-0.39, 0.29) is 6.61 Å². The van der Waals surface area contributed by atoms with Gasteiger partial charge in [0.1, 0.15) is 18.3 Å². The number of rotatable bonds is 5. The van der Waals surface area contributed by atoms with Crippen LogP contribution in [0.5, 0.6) is 0 Å². The predicted molar refractivity (Wildman–Crippen MR) is 63.8 cm³/mol. The van der Waals surface area contributed by atoms with Crippen LogP contribution in [-0.2, 0) is 20.8 Å². The summed E-state index contributed by atoms with van der Waals surface area (Å²) in [5.41, 5.74) is 1.05. The number of aliphatic hydroxyl groups excluding tert-OH is 2. The van der Waals surface area contributed by atoms with E-state index in [1.165, 1.54) is 7.11 Å². The van der Waals surface area contributed by atoms with Gasteiger partial charge >= 0.3 is 0 Å². The lowest BCUT2D eigenvalue weighted by atomic mass is 10.1. The summed E-state index contributed by atoms with van der Waals surface area (Å²) >= 11 is 0. The lowest BCUT2D eigenvalue weighted by Gasteiger charge is -2.14. The Hall–Kier alpha value is -0.980. The second-order valence-corrected chi connectivity index (χ2v) is 4.26. The van der Waals surface area contributed by atoms with Crippen molar-refractivity contribution >= 4 is 0 Å². The number of benzene rings is 1. The molecular formula is C13H18O5. The van der Waals surface area contributed by atoms with Gasteiger partial charge in [0, 0.05) is 7.11 Å². The summed E-state index contributed by atoms with van der Waals surface area (Å²) in [7, 11) is 1.42. The Morgan fingerprint density at radius 1 is 1.17 bits per heavy atom. The maximum Gasteiger partial charge on any atom is 0.186 e. The Morgan fingerprint density at radius 2 is 1.89 bits per heavy atom. The molecule has 0 aliphatic carbocycles. The third-order valence-electron chi connectivity index (χ3n) is 2.94. The number of ether oxygens (including phenoxy) is 3. The molecule has 2 N–H and O–H groups in total. The molecule has 1 aromatic rings. The highest BCUT2D eigenvalue weighted by atomic mass is 16.7. The third-order valence-corrected chi connectivity index (χ3v) is 2.94. The van der Waals surface area contributed by atoms with Crippen LogP contribution in [0.15, 0.2) is 30.3 Å². The number of aliphatic hydroxyl groups is 2. The fourth-order valence-electron chi connectivity index (χ4n) is 1.91. The highest BCUT2D eigenvalue weighted by Crippen LogP contribution is 2.22. The summed E-state index contributed by atoms with van der Waals surface area (Å²) in [5, 5.41) is 19.3. The van der Waals surface area contributed by atoms with E-state index in [4.69, 9.17) is 14.2 Å². The maximum absolute atomic E-state index is 9.72. The van der Waals surface area contributed by atoms with Gasteiger partial charge in [-0.25, -0.2) is 0 Å². The van der Waals surface area contributed by atoms with Crippen LogP contribution in [0, 0.1) is 0 Å². The van der Waals surface area contributed by atoms with Gasteiger partial charge in [-0.15, -0.1) is 0 Å². The van der Waals surface area contributed by atoms with Crippen LogP contribution in [0.1, 0.15) is 5.56 Å². The summed E-state index contributed by atoms with van der Waals surface area (Å²) < 4.78 is 15.7. The summed E-state index contributed by atoms with van der Waals surface area (Å²) in [6, 6.07) is 9.72. The first-order chi connectivity index (χ1) is 8.72. The molecule has 100 valence electrons. The molecule has 0 saturated carbocycles. The first-order valence-electron chi connectivity index (χ1n) is 5.88. The minimum atomic E-state index is -1.03. The van der Waals surface area contributed by atoms with Crippen molar-refractivity contribution in [2.45, 2.75) is 31.2 Å². The van der Waals surface area contributed by atoms with Crippen LogP contribution in [0.2, 0.25) is 0 Å². The van der Waals surface area contributed by atoms with Gasteiger partial charge in [-0.05, 0) is 5.56 Å². The normalized spacial score (nSPS) is 31.7. The topological polar surface area (TPSA) is 68.2 Å². The van der Waals surface area contributed by atoms with E-state index in [0.717, 1.165) is 5.56 Å². The Morgan fingerprint density at radius 3 is 2.50 bits per heavy atom. The molecule has 4 atom stereocenters. The number of hydrogen-bond acceptors (Lipinski definition) is 5. The monoisotopic (exact) mass is 254 g/mol. The number of methoxy groups -OCH3 is 1. The van der Waals surface area contributed by atoms with E-state index in [1.54, 1.807) is 0 Å². The van der Waals surface area contributed by atoms with Crippen molar-refractivity contribution in [3.8, 4) is 0 Å². The van der Waals surface area contributed by atoms with Crippen molar-refractivity contribution in [1.29, 1.82) is 0 Å². The molecule has 1 heterocycles. The third kappa shape index (κ3) is 3.07. The second kappa shape index (κ2) is 6.26. The molecule has 5 heteroatoms. The molecule has 1 aromatic carbocycles. The molecule has 1 aliphatic rings. The Bertz CT molecular complexity index is 356. The van der Waals surface area contributed by atoms with Crippen molar-refractivity contribution in [2.24, 2.45) is 0 Å². The van der Waals surface area contributed by atoms with E-state index >= 15 is 0 Å². The zero-order valence-corrected chi connectivity index (χ0v) is 10.2. The van der Waals surface area contributed by atoms with Crippen LogP contribution in [0.3, 0.4) is 0 Å². The molecule has 0 bridgehead atoms. The largest absolute Gasteiger partial charge is 0.387 e. The first kappa shape index (κ1) is 13.5. The van der Waals surface area contributed by atoms with Crippen LogP contribution < -0.4 is 0 Å². The van der Waals surface area contributed by atoms with Crippen LogP contribution in [0.25, 0.3) is 0 Å². The van der Waals surface area contributed by atoms with Crippen LogP contribution in [0.4, 0.5) is 0 Å². The van der Waals surface area contributed by atoms with E-state index < -0.39 is 24.6 Å². The zero-order chi connectivity index (χ0) is 13.0. The average Bonchev–Trinajstić information content (AvgIpc) is 2.68. The highest BCUT2D eigenvalue weighted by Gasteiger charge is 2.42. The Kier molecular flexibility index (Phi) is 4.68. The summed E-state index contributed by atoms with van der Waals surface area (Å²) in [4.78, 5) is 0. The average molecular weight is 254 g/mol. The molecule has 0 amide bonds. The molecular weight excluding hydrogens is 236 g/mol. The van der Waals surface area contributed by atoms with Gasteiger partial charge in [-0.3, -0.25) is 0 Å². The van der Waals surface area contributed by atoms with Crippen molar-refractivity contribution in [3.05, 3.63) is 35.9 Å². The van der Waals surface area contributed by atoms with Gasteiger partial charge in [-0.1, -0.05) is 30.3 Å². The fourth-order valence-corrected chi connectivity index (χ4v) is 1.91. The van der Waals surface area contributed by atoms with Gasteiger partial charge in [0.05, 0.1) is 13.2 Å².